The number of nitrogens with zero attached hydrogens (tertiary/aromatic N) is 1. The summed E-state index contributed by atoms with van der Waals surface area (Å²) in [5.41, 5.74) is 7.12. The second-order valence-electron chi connectivity index (χ2n) is 4.00. The molecule has 0 saturated carbocycles. The summed E-state index contributed by atoms with van der Waals surface area (Å²) in [6, 6.07) is 3.55. The highest BCUT2D eigenvalue weighted by Crippen LogP contribution is 2.49. The van der Waals surface area contributed by atoms with Crippen molar-refractivity contribution in [1.29, 1.82) is 0 Å². The lowest BCUT2D eigenvalue weighted by atomic mass is 10.1. The van der Waals surface area contributed by atoms with Crippen LogP contribution in [0.3, 0.4) is 0 Å². The van der Waals surface area contributed by atoms with Crippen LogP contribution in [0.5, 0.6) is 17.2 Å². The van der Waals surface area contributed by atoms with Crippen LogP contribution in [0.4, 0.5) is 5.82 Å². The van der Waals surface area contributed by atoms with E-state index in [1.165, 1.54) is 0 Å². The number of halogens is 1. The number of H-pyrrole nitrogens is 1. The largest absolute Gasteiger partial charge is 0.495 e. The second-order valence-corrected chi connectivity index (χ2v) is 4.85. The summed E-state index contributed by atoms with van der Waals surface area (Å²) in [4.78, 5) is 0. The summed E-state index contributed by atoms with van der Waals surface area (Å²) in [7, 11) is 1.60. The number of benzene rings is 1. The highest BCUT2D eigenvalue weighted by molar-refractivity contribution is 9.10. The van der Waals surface area contributed by atoms with E-state index in [0.717, 1.165) is 15.7 Å². The van der Waals surface area contributed by atoms with E-state index in [1.807, 2.05) is 6.07 Å². The monoisotopic (exact) mass is 325 g/mol. The summed E-state index contributed by atoms with van der Waals surface area (Å²) in [5, 5.41) is 6.79. The molecule has 3 rings (SSSR count). The average Bonchev–Trinajstić information content (AvgIpc) is 2.83. The summed E-state index contributed by atoms with van der Waals surface area (Å²) in [5.74, 6) is 2.35. The van der Waals surface area contributed by atoms with Gasteiger partial charge in [0.25, 0.3) is 0 Å². The van der Waals surface area contributed by atoms with Crippen LogP contribution >= 0.6 is 15.9 Å². The maximum atomic E-state index is 5.70. The average molecular weight is 326 g/mol. The van der Waals surface area contributed by atoms with Crippen LogP contribution in [0.2, 0.25) is 0 Å². The Labute approximate surface area is 118 Å². The van der Waals surface area contributed by atoms with Gasteiger partial charge >= 0.3 is 0 Å². The number of ether oxygens (including phenoxy) is 3. The van der Waals surface area contributed by atoms with Gasteiger partial charge in [-0.15, -0.1) is 0 Å². The van der Waals surface area contributed by atoms with Crippen molar-refractivity contribution < 1.29 is 14.2 Å². The zero-order valence-corrected chi connectivity index (χ0v) is 11.8. The minimum absolute atomic E-state index is 0.405. The van der Waals surface area contributed by atoms with Gasteiger partial charge in [0.2, 0.25) is 0 Å². The van der Waals surface area contributed by atoms with Gasteiger partial charge in [0.15, 0.2) is 11.5 Å². The van der Waals surface area contributed by atoms with Crippen molar-refractivity contribution in [1.82, 2.24) is 10.2 Å². The lowest BCUT2D eigenvalue weighted by Crippen LogP contribution is -2.16. The van der Waals surface area contributed by atoms with Crippen molar-refractivity contribution >= 4 is 21.7 Å². The van der Waals surface area contributed by atoms with Crippen molar-refractivity contribution in [2.45, 2.75) is 0 Å². The molecule has 6 nitrogen and oxygen atoms in total. The Balaban J connectivity index is 2.27. The molecule has 2 heterocycles. The third-order valence-corrected chi connectivity index (χ3v) is 3.40. The third-order valence-electron chi connectivity index (χ3n) is 2.81. The van der Waals surface area contributed by atoms with Crippen LogP contribution in [-0.4, -0.2) is 30.5 Å². The lowest BCUT2D eigenvalue weighted by Gasteiger charge is -2.23. The molecule has 0 bridgehead atoms. The van der Waals surface area contributed by atoms with E-state index in [0.29, 0.717) is 36.3 Å². The van der Waals surface area contributed by atoms with Crippen LogP contribution in [0.15, 0.2) is 16.6 Å². The first kappa shape index (κ1) is 12.2. The predicted molar refractivity (Wildman–Crippen MR) is 73.7 cm³/mol. The molecule has 1 aromatic heterocycles. The maximum absolute atomic E-state index is 5.70. The molecule has 0 amide bonds. The van der Waals surface area contributed by atoms with Crippen LogP contribution in [0, 0.1) is 0 Å². The predicted octanol–water partition coefficient (Wildman–Crippen LogP) is 2.20. The Bertz CT molecular complexity index is 627. The first-order valence-corrected chi connectivity index (χ1v) is 6.47. The van der Waals surface area contributed by atoms with Crippen LogP contribution in [-0.2, 0) is 0 Å². The molecule has 1 aliphatic rings. The number of fused-ring (bicyclic) bond motifs is 1. The van der Waals surface area contributed by atoms with E-state index in [9.17, 15) is 0 Å². The van der Waals surface area contributed by atoms with Gasteiger partial charge in [-0.1, -0.05) is 0 Å². The Morgan fingerprint density at radius 1 is 1.37 bits per heavy atom. The molecule has 0 spiro atoms. The van der Waals surface area contributed by atoms with E-state index < -0.39 is 0 Å². The molecule has 1 aromatic carbocycles. The van der Waals surface area contributed by atoms with Crippen molar-refractivity contribution in [2.75, 3.05) is 26.1 Å². The number of nitrogens with one attached hydrogen (secondary N) is 1. The molecule has 0 fully saturated rings. The number of rotatable bonds is 2. The minimum Gasteiger partial charge on any atom is -0.495 e. The number of hydrogen-bond acceptors (Lipinski definition) is 5. The van der Waals surface area contributed by atoms with Gasteiger partial charge in [-0.3, -0.25) is 5.10 Å². The summed E-state index contributed by atoms with van der Waals surface area (Å²) >= 11 is 3.46. The lowest BCUT2D eigenvalue weighted by molar-refractivity contribution is 0.171. The SMILES string of the molecule is COc1c(Br)cc2c(c1-c1cc(N)n[nH]1)OCCO2. The quantitative estimate of drug-likeness (QED) is 0.884. The number of nitrogens with two attached hydrogens (primary N) is 1. The van der Waals surface area contributed by atoms with Gasteiger partial charge in [0.05, 0.1) is 22.8 Å². The molecular weight excluding hydrogens is 314 g/mol. The number of methoxy groups -OCH3 is 1. The maximum Gasteiger partial charge on any atom is 0.174 e. The second kappa shape index (κ2) is 4.65. The molecule has 0 atom stereocenters. The minimum atomic E-state index is 0.405. The standard InChI is InChI=1S/C12H12BrN3O3/c1-17-11-6(13)4-8-12(19-3-2-18-8)10(11)7-5-9(14)16-15-7/h4-5H,2-3H2,1H3,(H3,14,15,16). The zero-order valence-electron chi connectivity index (χ0n) is 10.2. The number of hydrogen-bond donors (Lipinski definition) is 2. The number of anilines is 1. The Kier molecular flexibility index (Phi) is 2.98. The zero-order chi connectivity index (χ0) is 13.4. The molecule has 100 valence electrons. The highest BCUT2D eigenvalue weighted by atomic mass is 79.9. The van der Waals surface area contributed by atoms with E-state index in [-0.39, 0.29) is 0 Å². The molecule has 1 aliphatic heterocycles. The van der Waals surface area contributed by atoms with E-state index in [1.54, 1.807) is 13.2 Å². The van der Waals surface area contributed by atoms with Gasteiger partial charge < -0.3 is 19.9 Å². The summed E-state index contributed by atoms with van der Waals surface area (Å²) in [6.07, 6.45) is 0. The van der Waals surface area contributed by atoms with Gasteiger partial charge in [0, 0.05) is 12.1 Å². The molecule has 2 aromatic rings. The van der Waals surface area contributed by atoms with E-state index >= 15 is 0 Å². The van der Waals surface area contributed by atoms with Gasteiger partial charge in [-0.2, -0.15) is 5.10 Å². The molecule has 0 aliphatic carbocycles. The number of aromatic amines is 1. The fraction of sp³-hybridized carbons (Fsp3) is 0.250. The molecule has 19 heavy (non-hydrogen) atoms. The molecule has 3 N–H and O–H groups in total. The fourth-order valence-electron chi connectivity index (χ4n) is 2.05. The van der Waals surface area contributed by atoms with E-state index in [2.05, 4.69) is 26.1 Å². The van der Waals surface area contributed by atoms with Crippen molar-refractivity contribution in [2.24, 2.45) is 0 Å². The van der Waals surface area contributed by atoms with Crippen molar-refractivity contribution in [3.05, 3.63) is 16.6 Å². The highest BCUT2D eigenvalue weighted by Gasteiger charge is 2.25. The van der Waals surface area contributed by atoms with Crippen molar-refractivity contribution in [3.63, 3.8) is 0 Å². The Morgan fingerprint density at radius 2 is 2.16 bits per heavy atom. The molecule has 0 unspecified atom stereocenters. The fourth-order valence-corrected chi connectivity index (χ4v) is 2.62. The number of aromatic nitrogens is 2. The van der Waals surface area contributed by atoms with Crippen LogP contribution in [0.1, 0.15) is 0 Å². The Morgan fingerprint density at radius 3 is 2.84 bits per heavy atom. The summed E-state index contributed by atoms with van der Waals surface area (Å²) in [6.45, 7) is 1.02. The van der Waals surface area contributed by atoms with E-state index in [4.69, 9.17) is 19.9 Å². The van der Waals surface area contributed by atoms with Crippen molar-refractivity contribution in [3.8, 4) is 28.5 Å². The first-order valence-electron chi connectivity index (χ1n) is 5.68. The first-order chi connectivity index (χ1) is 9.20. The molecule has 7 heteroatoms. The van der Waals surface area contributed by atoms with Gasteiger partial charge in [0.1, 0.15) is 24.8 Å². The normalized spacial score (nSPS) is 13.4. The van der Waals surface area contributed by atoms with Crippen LogP contribution in [0.25, 0.3) is 11.3 Å². The number of nitrogen functional groups attached to an aromatic ring is 1. The topological polar surface area (TPSA) is 82.4 Å². The molecule has 0 radical (unpaired) electrons. The van der Waals surface area contributed by atoms with Gasteiger partial charge in [-0.05, 0) is 15.9 Å². The Hall–Kier alpha value is -1.89. The smallest absolute Gasteiger partial charge is 0.174 e. The van der Waals surface area contributed by atoms with Crippen LogP contribution < -0.4 is 19.9 Å². The molecular formula is C12H12BrN3O3. The third kappa shape index (κ3) is 1.99. The van der Waals surface area contributed by atoms with Gasteiger partial charge in [-0.25, -0.2) is 0 Å². The summed E-state index contributed by atoms with van der Waals surface area (Å²) < 4.78 is 17.5. The molecule has 0 saturated heterocycles.